The van der Waals surface area contributed by atoms with Gasteiger partial charge in [-0.2, -0.15) is 0 Å². The van der Waals surface area contributed by atoms with E-state index in [0.29, 0.717) is 17.7 Å². The summed E-state index contributed by atoms with van der Waals surface area (Å²) in [5, 5.41) is 2.86. The van der Waals surface area contributed by atoms with E-state index >= 15 is 0 Å². The number of halogens is 1. The lowest BCUT2D eigenvalue weighted by atomic mass is 10.0. The van der Waals surface area contributed by atoms with E-state index in [1.807, 2.05) is 6.92 Å². The van der Waals surface area contributed by atoms with Crippen LogP contribution in [-0.2, 0) is 16.6 Å². The molecule has 21 heavy (non-hydrogen) atoms. The van der Waals surface area contributed by atoms with Crippen molar-refractivity contribution in [2.75, 3.05) is 7.05 Å². The summed E-state index contributed by atoms with van der Waals surface area (Å²) >= 11 is 0. The maximum atomic E-state index is 14.0. The molecule has 1 aromatic rings. The second-order valence-electron chi connectivity index (χ2n) is 6.12. The summed E-state index contributed by atoms with van der Waals surface area (Å²) in [6.07, 6.45) is 3.75. The van der Waals surface area contributed by atoms with Gasteiger partial charge in [0.05, 0.1) is 4.90 Å². The van der Waals surface area contributed by atoms with Gasteiger partial charge in [-0.25, -0.2) is 17.5 Å². The van der Waals surface area contributed by atoms with Gasteiger partial charge >= 0.3 is 0 Å². The molecule has 6 heteroatoms. The van der Waals surface area contributed by atoms with Crippen LogP contribution in [0, 0.1) is 12.7 Å². The van der Waals surface area contributed by atoms with Gasteiger partial charge in [0.2, 0.25) is 10.0 Å². The summed E-state index contributed by atoms with van der Waals surface area (Å²) in [5.74, 6) is -0.352. The molecule has 2 rings (SSSR count). The Labute approximate surface area is 126 Å². The van der Waals surface area contributed by atoms with E-state index in [1.54, 1.807) is 14.0 Å². The van der Waals surface area contributed by atoms with E-state index in [9.17, 15) is 12.8 Å². The van der Waals surface area contributed by atoms with Gasteiger partial charge in [-0.05, 0) is 51.4 Å². The van der Waals surface area contributed by atoms with Gasteiger partial charge in [0.25, 0.3) is 0 Å². The van der Waals surface area contributed by atoms with E-state index < -0.39 is 10.0 Å². The van der Waals surface area contributed by atoms with E-state index in [4.69, 9.17) is 0 Å². The highest BCUT2D eigenvalue weighted by molar-refractivity contribution is 7.89. The molecule has 0 aliphatic heterocycles. The molecule has 1 saturated carbocycles. The molecule has 1 aromatic carbocycles. The summed E-state index contributed by atoms with van der Waals surface area (Å²) in [6.45, 7) is 3.82. The van der Waals surface area contributed by atoms with Crippen LogP contribution in [0.3, 0.4) is 0 Å². The molecule has 0 aromatic heterocycles. The Balaban J connectivity index is 2.35. The molecule has 2 N–H and O–H groups in total. The van der Waals surface area contributed by atoms with Crippen molar-refractivity contribution in [3.05, 3.63) is 29.1 Å². The van der Waals surface area contributed by atoms with Crippen LogP contribution in [-0.4, -0.2) is 21.0 Å². The maximum Gasteiger partial charge on any atom is 0.241 e. The van der Waals surface area contributed by atoms with E-state index in [2.05, 4.69) is 10.0 Å². The van der Waals surface area contributed by atoms with Gasteiger partial charge < -0.3 is 5.32 Å². The molecular weight excluding hydrogens is 291 g/mol. The van der Waals surface area contributed by atoms with Crippen molar-refractivity contribution in [3.8, 4) is 0 Å². The molecule has 118 valence electrons. The molecule has 0 saturated heterocycles. The zero-order valence-electron chi connectivity index (χ0n) is 12.8. The second kappa shape index (κ2) is 6.02. The first-order valence-corrected chi connectivity index (χ1v) is 8.73. The van der Waals surface area contributed by atoms with Crippen LogP contribution in [0.25, 0.3) is 0 Å². The summed E-state index contributed by atoms with van der Waals surface area (Å²) in [7, 11) is -1.92. The molecule has 0 heterocycles. The van der Waals surface area contributed by atoms with E-state index in [0.717, 1.165) is 25.7 Å². The lowest BCUT2D eigenvalue weighted by Crippen LogP contribution is -2.43. The molecule has 4 nitrogen and oxygen atoms in total. The summed E-state index contributed by atoms with van der Waals surface area (Å²) in [6, 6.07) is 2.81. The lowest BCUT2D eigenvalue weighted by molar-refractivity contribution is 0.427. The number of nitrogens with one attached hydrogen (secondary N) is 2. The number of hydrogen-bond acceptors (Lipinski definition) is 3. The quantitative estimate of drug-likeness (QED) is 0.878. The van der Waals surface area contributed by atoms with Crippen molar-refractivity contribution in [1.29, 1.82) is 0 Å². The largest absolute Gasteiger partial charge is 0.316 e. The predicted octanol–water partition coefficient (Wildman–Crippen LogP) is 2.46. The smallest absolute Gasteiger partial charge is 0.241 e. The summed E-state index contributed by atoms with van der Waals surface area (Å²) in [4.78, 5) is 0.139. The molecule has 1 aliphatic carbocycles. The van der Waals surface area contributed by atoms with Crippen LogP contribution in [0.15, 0.2) is 17.0 Å². The van der Waals surface area contributed by atoms with Crippen molar-refractivity contribution < 1.29 is 12.8 Å². The van der Waals surface area contributed by atoms with Crippen LogP contribution in [0.2, 0.25) is 0 Å². The Morgan fingerprint density at radius 2 is 1.90 bits per heavy atom. The third-order valence-corrected chi connectivity index (χ3v) is 5.69. The van der Waals surface area contributed by atoms with Crippen LogP contribution >= 0.6 is 0 Å². The van der Waals surface area contributed by atoms with Gasteiger partial charge in [-0.15, -0.1) is 0 Å². The number of sulfonamides is 1. The fraction of sp³-hybridized carbons (Fsp3) is 0.600. The lowest BCUT2D eigenvalue weighted by Gasteiger charge is -2.25. The molecular formula is C15H23FN2O2S. The van der Waals surface area contributed by atoms with Crippen LogP contribution in [0.4, 0.5) is 4.39 Å². The second-order valence-corrected chi connectivity index (χ2v) is 7.80. The van der Waals surface area contributed by atoms with Gasteiger partial charge in [-0.1, -0.05) is 12.8 Å². The van der Waals surface area contributed by atoms with Crippen molar-refractivity contribution in [3.63, 3.8) is 0 Å². The molecule has 0 amide bonds. The average Bonchev–Trinajstić information content (AvgIpc) is 2.80. The summed E-state index contributed by atoms with van der Waals surface area (Å²) < 4.78 is 41.9. The predicted molar refractivity (Wildman–Crippen MR) is 81.1 cm³/mol. The number of hydrogen-bond donors (Lipinski definition) is 2. The van der Waals surface area contributed by atoms with E-state index in [1.165, 1.54) is 12.1 Å². The van der Waals surface area contributed by atoms with E-state index in [-0.39, 0.29) is 16.3 Å². The SMILES string of the molecule is CNCc1cc(S(=O)(=O)NC2(C)CCCC2)cc(C)c1F. The standard InChI is InChI=1S/C15H23FN2O2S/c1-11-8-13(9-12(10-17-3)14(11)16)21(19,20)18-15(2)6-4-5-7-15/h8-9,17-18H,4-7,10H2,1-3H3. The fourth-order valence-electron chi connectivity index (χ4n) is 2.92. The normalized spacial score (nSPS) is 18.1. The number of aryl methyl sites for hydroxylation is 1. The third-order valence-electron chi connectivity index (χ3n) is 4.07. The minimum absolute atomic E-state index is 0.139. The van der Waals surface area contributed by atoms with Gasteiger partial charge in [0, 0.05) is 17.6 Å². The molecule has 0 unspecified atom stereocenters. The molecule has 0 radical (unpaired) electrons. The van der Waals surface area contributed by atoms with Gasteiger partial charge in [0.1, 0.15) is 5.82 Å². The minimum atomic E-state index is -3.63. The minimum Gasteiger partial charge on any atom is -0.316 e. The van der Waals surface area contributed by atoms with Crippen molar-refractivity contribution in [2.24, 2.45) is 0 Å². The Kier molecular flexibility index (Phi) is 4.70. The van der Waals surface area contributed by atoms with Gasteiger partial charge in [-0.3, -0.25) is 0 Å². The zero-order valence-corrected chi connectivity index (χ0v) is 13.6. The fourth-order valence-corrected chi connectivity index (χ4v) is 4.52. The van der Waals surface area contributed by atoms with Crippen molar-refractivity contribution in [2.45, 2.75) is 56.5 Å². The Hall–Kier alpha value is -0.980. The topological polar surface area (TPSA) is 58.2 Å². The average molecular weight is 314 g/mol. The van der Waals surface area contributed by atoms with Crippen LogP contribution < -0.4 is 10.0 Å². The Morgan fingerprint density at radius 1 is 1.29 bits per heavy atom. The molecule has 0 atom stereocenters. The van der Waals surface area contributed by atoms with Gasteiger partial charge in [0.15, 0.2) is 0 Å². The Morgan fingerprint density at radius 3 is 2.48 bits per heavy atom. The first-order chi connectivity index (χ1) is 9.77. The zero-order chi connectivity index (χ0) is 15.7. The summed E-state index contributed by atoms with van der Waals surface area (Å²) in [5.41, 5.74) is 0.332. The third kappa shape index (κ3) is 3.62. The first-order valence-electron chi connectivity index (χ1n) is 7.25. The van der Waals surface area contributed by atoms with Crippen LogP contribution in [0.1, 0.15) is 43.7 Å². The Bertz CT molecular complexity index is 623. The highest BCUT2D eigenvalue weighted by Gasteiger charge is 2.33. The van der Waals surface area contributed by atoms with Crippen LogP contribution in [0.5, 0.6) is 0 Å². The molecule has 1 aliphatic rings. The number of rotatable bonds is 5. The van der Waals surface area contributed by atoms with Crippen molar-refractivity contribution >= 4 is 10.0 Å². The molecule has 0 spiro atoms. The molecule has 1 fully saturated rings. The molecule has 0 bridgehead atoms. The monoisotopic (exact) mass is 314 g/mol. The number of benzene rings is 1. The highest BCUT2D eigenvalue weighted by atomic mass is 32.2. The highest BCUT2D eigenvalue weighted by Crippen LogP contribution is 2.31. The maximum absolute atomic E-state index is 14.0. The van der Waals surface area contributed by atoms with Crippen molar-refractivity contribution in [1.82, 2.24) is 10.0 Å². The first kappa shape index (κ1) is 16.4.